The zero-order valence-corrected chi connectivity index (χ0v) is 13.6. The Balaban J connectivity index is 2.06. The standard InChI is InChI=1S/C15H30N2O2S/c1-2-3-12-20-13-7-15(18)17-9-5-14(6-10-17)19-11-4-8-16/h14H,2-13,16H2,1H3. The quantitative estimate of drug-likeness (QED) is 0.629. The third-order valence-corrected chi connectivity index (χ3v) is 4.67. The number of likely N-dealkylation sites (tertiary alicyclic amines) is 1. The van der Waals surface area contributed by atoms with Crippen molar-refractivity contribution in [3.63, 3.8) is 0 Å². The van der Waals surface area contributed by atoms with Crippen LogP contribution in [0.4, 0.5) is 0 Å². The second kappa shape index (κ2) is 11.4. The van der Waals surface area contributed by atoms with E-state index in [9.17, 15) is 4.79 Å². The van der Waals surface area contributed by atoms with E-state index in [2.05, 4.69) is 6.92 Å². The van der Waals surface area contributed by atoms with Gasteiger partial charge in [-0.3, -0.25) is 4.79 Å². The van der Waals surface area contributed by atoms with E-state index >= 15 is 0 Å². The summed E-state index contributed by atoms with van der Waals surface area (Å²) in [5.41, 5.74) is 5.45. The van der Waals surface area contributed by atoms with E-state index in [0.717, 1.165) is 44.7 Å². The molecule has 2 N–H and O–H groups in total. The molecule has 0 unspecified atom stereocenters. The van der Waals surface area contributed by atoms with Crippen LogP contribution in [0.2, 0.25) is 0 Å². The molecule has 118 valence electrons. The van der Waals surface area contributed by atoms with Gasteiger partial charge < -0.3 is 15.4 Å². The van der Waals surface area contributed by atoms with Crippen molar-refractivity contribution in [2.45, 2.75) is 51.6 Å². The molecule has 0 aliphatic carbocycles. The zero-order valence-electron chi connectivity index (χ0n) is 12.8. The molecule has 20 heavy (non-hydrogen) atoms. The van der Waals surface area contributed by atoms with Crippen LogP contribution in [0.1, 0.15) is 45.4 Å². The molecule has 0 atom stereocenters. The highest BCUT2D eigenvalue weighted by molar-refractivity contribution is 7.99. The second-order valence-electron chi connectivity index (χ2n) is 5.31. The van der Waals surface area contributed by atoms with Gasteiger partial charge in [0.2, 0.25) is 5.91 Å². The van der Waals surface area contributed by atoms with E-state index in [1.807, 2.05) is 16.7 Å². The first-order valence-electron chi connectivity index (χ1n) is 7.95. The molecular formula is C15H30N2O2S. The molecule has 0 saturated carbocycles. The van der Waals surface area contributed by atoms with Gasteiger partial charge in [-0.1, -0.05) is 13.3 Å². The third kappa shape index (κ3) is 7.50. The highest BCUT2D eigenvalue weighted by Crippen LogP contribution is 2.16. The fourth-order valence-electron chi connectivity index (χ4n) is 2.27. The minimum atomic E-state index is 0.314. The maximum atomic E-state index is 12.1. The molecule has 0 spiro atoms. The summed E-state index contributed by atoms with van der Waals surface area (Å²) in [5.74, 6) is 2.46. The number of piperidine rings is 1. The lowest BCUT2D eigenvalue weighted by Gasteiger charge is -2.32. The number of nitrogens with two attached hydrogens (primary N) is 1. The molecule has 1 rings (SSSR count). The highest BCUT2D eigenvalue weighted by Gasteiger charge is 2.22. The molecule has 1 aliphatic heterocycles. The monoisotopic (exact) mass is 302 g/mol. The van der Waals surface area contributed by atoms with Crippen LogP contribution in [0.5, 0.6) is 0 Å². The molecule has 0 aromatic heterocycles. The van der Waals surface area contributed by atoms with Gasteiger partial charge in [0.1, 0.15) is 0 Å². The van der Waals surface area contributed by atoms with Crippen LogP contribution >= 0.6 is 11.8 Å². The third-order valence-electron chi connectivity index (χ3n) is 3.60. The summed E-state index contributed by atoms with van der Waals surface area (Å²) in [5, 5.41) is 0. The number of ether oxygens (including phenoxy) is 1. The molecule has 1 aliphatic rings. The highest BCUT2D eigenvalue weighted by atomic mass is 32.2. The molecule has 5 heteroatoms. The Morgan fingerprint density at radius 2 is 2.05 bits per heavy atom. The van der Waals surface area contributed by atoms with Crippen LogP contribution in [0.25, 0.3) is 0 Å². The van der Waals surface area contributed by atoms with Gasteiger partial charge in [-0.25, -0.2) is 0 Å². The van der Waals surface area contributed by atoms with Gasteiger partial charge in [0.15, 0.2) is 0 Å². The summed E-state index contributed by atoms with van der Waals surface area (Å²) < 4.78 is 5.75. The molecule has 0 aromatic carbocycles. The average Bonchev–Trinajstić information content (AvgIpc) is 2.48. The predicted octanol–water partition coefficient (Wildman–Crippen LogP) is 2.27. The van der Waals surface area contributed by atoms with Crippen LogP contribution in [0.3, 0.4) is 0 Å². The number of thioether (sulfide) groups is 1. The van der Waals surface area contributed by atoms with Gasteiger partial charge in [-0.2, -0.15) is 11.8 Å². The number of rotatable bonds is 10. The minimum absolute atomic E-state index is 0.314. The van der Waals surface area contributed by atoms with E-state index in [4.69, 9.17) is 10.5 Å². The summed E-state index contributed by atoms with van der Waals surface area (Å²) in [6.07, 6.45) is 6.37. The summed E-state index contributed by atoms with van der Waals surface area (Å²) >= 11 is 1.90. The first-order chi connectivity index (χ1) is 9.77. The lowest BCUT2D eigenvalue weighted by Crippen LogP contribution is -2.41. The van der Waals surface area contributed by atoms with E-state index in [0.29, 0.717) is 25.0 Å². The van der Waals surface area contributed by atoms with Crippen molar-refractivity contribution in [1.29, 1.82) is 0 Å². The van der Waals surface area contributed by atoms with Crippen molar-refractivity contribution in [2.24, 2.45) is 5.73 Å². The van der Waals surface area contributed by atoms with Crippen LogP contribution < -0.4 is 5.73 Å². The first-order valence-corrected chi connectivity index (χ1v) is 9.10. The molecule has 4 nitrogen and oxygen atoms in total. The van der Waals surface area contributed by atoms with E-state index < -0.39 is 0 Å². The Morgan fingerprint density at radius 3 is 2.70 bits per heavy atom. The maximum absolute atomic E-state index is 12.1. The number of carbonyl (C=O) groups is 1. The predicted molar refractivity (Wildman–Crippen MR) is 86.1 cm³/mol. The van der Waals surface area contributed by atoms with Crippen molar-refractivity contribution < 1.29 is 9.53 Å². The molecule has 1 fully saturated rings. The Labute approximate surface area is 127 Å². The van der Waals surface area contributed by atoms with Gasteiger partial charge in [0.05, 0.1) is 6.10 Å². The van der Waals surface area contributed by atoms with E-state index in [1.165, 1.54) is 18.6 Å². The largest absolute Gasteiger partial charge is 0.378 e. The van der Waals surface area contributed by atoms with Gasteiger partial charge in [0.25, 0.3) is 0 Å². The van der Waals surface area contributed by atoms with Gasteiger partial charge >= 0.3 is 0 Å². The number of hydrogen-bond donors (Lipinski definition) is 1. The van der Waals surface area contributed by atoms with Crippen molar-refractivity contribution in [2.75, 3.05) is 37.7 Å². The second-order valence-corrected chi connectivity index (χ2v) is 6.53. The molecular weight excluding hydrogens is 272 g/mol. The van der Waals surface area contributed by atoms with E-state index in [-0.39, 0.29) is 0 Å². The molecule has 0 aromatic rings. The number of amides is 1. The summed E-state index contributed by atoms with van der Waals surface area (Å²) in [4.78, 5) is 14.1. The Kier molecular flexibility index (Phi) is 10.1. The topological polar surface area (TPSA) is 55.6 Å². The summed E-state index contributed by atoms with van der Waals surface area (Å²) in [6.45, 7) is 5.35. The fraction of sp³-hybridized carbons (Fsp3) is 0.933. The lowest BCUT2D eigenvalue weighted by atomic mass is 10.1. The Hall–Kier alpha value is -0.260. The summed E-state index contributed by atoms with van der Waals surface area (Å²) in [7, 11) is 0. The van der Waals surface area contributed by atoms with Gasteiger partial charge in [-0.05, 0) is 38.0 Å². The number of nitrogens with zero attached hydrogens (tertiary/aromatic N) is 1. The number of carbonyl (C=O) groups excluding carboxylic acids is 1. The van der Waals surface area contributed by atoms with E-state index in [1.54, 1.807) is 0 Å². The maximum Gasteiger partial charge on any atom is 0.223 e. The minimum Gasteiger partial charge on any atom is -0.378 e. The lowest BCUT2D eigenvalue weighted by molar-refractivity contribution is -0.133. The normalized spacial score (nSPS) is 16.6. The molecule has 1 saturated heterocycles. The average molecular weight is 302 g/mol. The molecule has 0 radical (unpaired) electrons. The van der Waals surface area contributed by atoms with Crippen molar-refractivity contribution >= 4 is 17.7 Å². The molecule has 1 heterocycles. The van der Waals surface area contributed by atoms with Crippen LogP contribution in [0.15, 0.2) is 0 Å². The number of hydrogen-bond acceptors (Lipinski definition) is 4. The molecule has 0 bridgehead atoms. The van der Waals surface area contributed by atoms with Crippen LogP contribution in [-0.4, -0.2) is 54.7 Å². The first kappa shape index (κ1) is 17.8. The Bertz CT molecular complexity index is 256. The van der Waals surface area contributed by atoms with Crippen LogP contribution in [-0.2, 0) is 9.53 Å². The zero-order chi connectivity index (χ0) is 14.6. The van der Waals surface area contributed by atoms with Crippen molar-refractivity contribution in [1.82, 2.24) is 4.90 Å². The number of unbranched alkanes of at least 4 members (excludes halogenated alkanes) is 1. The molecule has 1 amide bonds. The van der Waals surface area contributed by atoms with Gasteiger partial charge in [-0.15, -0.1) is 0 Å². The smallest absolute Gasteiger partial charge is 0.223 e. The van der Waals surface area contributed by atoms with Crippen LogP contribution in [0, 0.1) is 0 Å². The SMILES string of the molecule is CCCCSCCC(=O)N1CCC(OCCCN)CC1. The summed E-state index contributed by atoms with van der Waals surface area (Å²) in [6, 6.07) is 0. The van der Waals surface area contributed by atoms with Gasteiger partial charge in [0, 0.05) is 31.9 Å². The van der Waals surface area contributed by atoms with Crippen molar-refractivity contribution in [3.05, 3.63) is 0 Å². The Morgan fingerprint density at radius 1 is 1.30 bits per heavy atom. The van der Waals surface area contributed by atoms with Crippen molar-refractivity contribution in [3.8, 4) is 0 Å². The fourth-order valence-corrected chi connectivity index (χ4v) is 3.29.